The fourth-order valence-corrected chi connectivity index (χ4v) is 2.56. The van der Waals surface area contributed by atoms with Crippen LogP contribution >= 0.6 is 12.4 Å². The van der Waals surface area contributed by atoms with E-state index < -0.39 is 0 Å². The number of aryl methyl sites for hydroxylation is 2. The first-order valence-corrected chi connectivity index (χ1v) is 8.29. The Morgan fingerprint density at radius 1 is 0.826 bits per heavy atom. The molecular weight excluding hydrogens is 306 g/mol. The summed E-state index contributed by atoms with van der Waals surface area (Å²) < 4.78 is 5.89. The summed E-state index contributed by atoms with van der Waals surface area (Å²) in [7, 11) is 0. The summed E-state index contributed by atoms with van der Waals surface area (Å²) in [5.74, 6) is 0.984. The molecule has 0 N–H and O–H groups in total. The number of rotatable bonds is 9. The molecule has 126 valence electrons. The molecule has 0 aliphatic rings. The first-order chi connectivity index (χ1) is 10.8. The largest absolute Gasteiger partial charge is 0.492 e. The summed E-state index contributed by atoms with van der Waals surface area (Å²) in [6.07, 6.45) is 2.13. The van der Waals surface area contributed by atoms with Crippen LogP contribution in [-0.4, -0.2) is 31.1 Å². The van der Waals surface area contributed by atoms with Crippen LogP contribution in [0.25, 0.3) is 0 Å². The quantitative estimate of drug-likeness (QED) is 0.664. The highest BCUT2D eigenvalue weighted by molar-refractivity contribution is 5.85. The van der Waals surface area contributed by atoms with Crippen LogP contribution in [0.2, 0.25) is 0 Å². The van der Waals surface area contributed by atoms with E-state index in [9.17, 15) is 0 Å². The summed E-state index contributed by atoms with van der Waals surface area (Å²) in [5.41, 5.74) is 2.72. The molecule has 2 aromatic carbocycles. The minimum absolute atomic E-state index is 0. The molecule has 0 aromatic heterocycles. The van der Waals surface area contributed by atoms with E-state index in [-0.39, 0.29) is 12.4 Å². The number of ether oxygens (including phenoxy) is 1. The standard InChI is InChI=1S/C20H27NO.ClH/c1-3-21(4-2)15-16-22-20-12-8-11-19(17-20)14-13-18-9-6-5-7-10-18;/h5-12,17H,3-4,13-16H2,1-2H3;1H. The highest BCUT2D eigenvalue weighted by atomic mass is 35.5. The molecule has 0 saturated heterocycles. The predicted molar refractivity (Wildman–Crippen MR) is 101 cm³/mol. The lowest BCUT2D eigenvalue weighted by molar-refractivity contribution is 0.222. The van der Waals surface area contributed by atoms with E-state index >= 15 is 0 Å². The van der Waals surface area contributed by atoms with E-state index in [1.54, 1.807) is 0 Å². The minimum Gasteiger partial charge on any atom is -0.492 e. The minimum atomic E-state index is 0. The monoisotopic (exact) mass is 333 g/mol. The molecule has 2 nitrogen and oxygen atoms in total. The number of nitrogens with zero attached hydrogens (tertiary/aromatic N) is 1. The molecule has 3 heteroatoms. The number of hydrogen-bond acceptors (Lipinski definition) is 2. The van der Waals surface area contributed by atoms with Gasteiger partial charge in [0, 0.05) is 6.54 Å². The van der Waals surface area contributed by atoms with Crippen molar-refractivity contribution in [2.75, 3.05) is 26.2 Å². The second kappa shape index (κ2) is 11.1. The second-order valence-corrected chi connectivity index (χ2v) is 5.51. The zero-order valence-electron chi connectivity index (χ0n) is 14.2. The van der Waals surface area contributed by atoms with Gasteiger partial charge in [-0.1, -0.05) is 56.3 Å². The van der Waals surface area contributed by atoms with E-state index in [1.165, 1.54) is 11.1 Å². The zero-order valence-corrected chi connectivity index (χ0v) is 15.0. The van der Waals surface area contributed by atoms with Gasteiger partial charge in [-0.2, -0.15) is 0 Å². The molecule has 0 spiro atoms. The second-order valence-electron chi connectivity index (χ2n) is 5.51. The van der Waals surface area contributed by atoms with Crippen molar-refractivity contribution in [3.05, 3.63) is 65.7 Å². The smallest absolute Gasteiger partial charge is 0.119 e. The Labute approximate surface area is 146 Å². The number of hydrogen-bond donors (Lipinski definition) is 0. The van der Waals surface area contributed by atoms with Crippen LogP contribution in [-0.2, 0) is 12.8 Å². The van der Waals surface area contributed by atoms with E-state index in [4.69, 9.17) is 4.74 Å². The molecule has 0 fully saturated rings. The Morgan fingerprint density at radius 2 is 1.48 bits per heavy atom. The Bertz CT molecular complexity index is 540. The van der Waals surface area contributed by atoms with Gasteiger partial charge >= 0.3 is 0 Å². The zero-order chi connectivity index (χ0) is 15.6. The third kappa shape index (κ3) is 7.06. The molecule has 0 radical (unpaired) electrons. The average Bonchev–Trinajstić information content (AvgIpc) is 2.58. The number of likely N-dealkylation sites (N-methyl/N-ethyl adjacent to an activating group) is 1. The summed E-state index contributed by atoms with van der Waals surface area (Å²) in [4.78, 5) is 2.37. The lowest BCUT2D eigenvalue weighted by Gasteiger charge is -2.18. The summed E-state index contributed by atoms with van der Waals surface area (Å²) in [5, 5.41) is 0. The lowest BCUT2D eigenvalue weighted by Crippen LogP contribution is -2.27. The fraction of sp³-hybridized carbons (Fsp3) is 0.400. The lowest BCUT2D eigenvalue weighted by atomic mass is 10.0. The molecule has 0 saturated carbocycles. The van der Waals surface area contributed by atoms with E-state index in [2.05, 4.69) is 67.3 Å². The first kappa shape index (κ1) is 19.5. The molecule has 23 heavy (non-hydrogen) atoms. The molecule has 2 aromatic rings. The van der Waals surface area contributed by atoms with Gasteiger partial charge in [-0.25, -0.2) is 0 Å². The third-order valence-corrected chi connectivity index (χ3v) is 4.01. The van der Waals surface area contributed by atoms with Gasteiger partial charge in [-0.3, -0.25) is 0 Å². The number of benzene rings is 2. The van der Waals surface area contributed by atoms with Crippen LogP contribution in [0.4, 0.5) is 0 Å². The molecule has 0 heterocycles. The van der Waals surface area contributed by atoms with Crippen LogP contribution in [0, 0.1) is 0 Å². The van der Waals surface area contributed by atoms with Crippen LogP contribution < -0.4 is 4.74 Å². The van der Waals surface area contributed by atoms with Gasteiger partial charge < -0.3 is 9.64 Å². The van der Waals surface area contributed by atoms with Crippen LogP contribution in [0.3, 0.4) is 0 Å². The highest BCUT2D eigenvalue weighted by Crippen LogP contribution is 2.15. The van der Waals surface area contributed by atoms with Gasteiger partial charge in [-0.05, 0) is 49.2 Å². The topological polar surface area (TPSA) is 12.5 Å². The average molecular weight is 334 g/mol. The van der Waals surface area contributed by atoms with Crippen molar-refractivity contribution >= 4 is 12.4 Å². The van der Waals surface area contributed by atoms with Crippen LogP contribution in [0.5, 0.6) is 5.75 Å². The molecule has 0 bridgehead atoms. The van der Waals surface area contributed by atoms with E-state index in [1.807, 2.05) is 6.07 Å². The Morgan fingerprint density at radius 3 is 2.17 bits per heavy atom. The van der Waals surface area contributed by atoms with Gasteiger partial charge in [0.25, 0.3) is 0 Å². The Balaban J connectivity index is 0.00000264. The van der Waals surface area contributed by atoms with Gasteiger partial charge in [0.15, 0.2) is 0 Å². The third-order valence-electron chi connectivity index (χ3n) is 4.01. The Hall–Kier alpha value is -1.51. The molecule has 0 aliphatic carbocycles. The van der Waals surface area contributed by atoms with Crippen molar-refractivity contribution in [2.45, 2.75) is 26.7 Å². The first-order valence-electron chi connectivity index (χ1n) is 8.29. The predicted octanol–water partition coefficient (Wildman–Crippen LogP) is 4.61. The maximum Gasteiger partial charge on any atom is 0.119 e. The highest BCUT2D eigenvalue weighted by Gasteiger charge is 2.01. The van der Waals surface area contributed by atoms with Gasteiger partial charge in [0.2, 0.25) is 0 Å². The van der Waals surface area contributed by atoms with Crippen molar-refractivity contribution in [3.8, 4) is 5.75 Å². The molecule has 0 unspecified atom stereocenters. The van der Waals surface area contributed by atoms with Crippen molar-refractivity contribution in [3.63, 3.8) is 0 Å². The maximum absolute atomic E-state index is 5.89. The summed E-state index contributed by atoms with van der Waals surface area (Å²) in [6, 6.07) is 19.1. The van der Waals surface area contributed by atoms with Crippen LogP contribution in [0.1, 0.15) is 25.0 Å². The SMILES string of the molecule is CCN(CC)CCOc1cccc(CCc2ccccc2)c1.Cl. The van der Waals surface area contributed by atoms with Gasteiger partial charge in [0.1, 0.15) is 12.4 Å². The van der Waals surface area contributed by atoms with Crippen molar-refractivity contribution in [1.82, 2.24) is 4.90 Å². The normalized spacial score (nSPS) is 10.4. The maximum atomic E-state index is 5.89. The van der Waals surface area contributed by atoms with Crippen LogP contribution in [0.15, 0.2) is 54.6 Å². The number of halogens is 1. The summed E-state index contributed by atoms with van der Waals surface area (Å²) >= 11 is 0. The van der Waals surface area contributed by atoms with Crippen molar-refractivity contribution in [2.24, 2.45) is 0 Å². The Kier molecular flexibility index (Phi) is 9.42. The molecule has 2 rings (SSSR count). The molecule has 0 atom stereocenters. The van der Waals surface area contributed by atoms with E-state index in [0.29, 0.717) is 0 Å². The van der Waals surface area contributed by atoms with Crippen molar-refractivity contribution < 1.29 is 4.74 Å². The molecule has 0 aliphatic heterocycles. The molecular formula is C20H28ClNO. The van der Waals surface area contributed by atoms with Crippen molar-refractivity contribution in [1.29, 1.82) is 0 Å². The van der Waals surface area contributed by atoms with Gasteiger partial charge in [-0.15, -0.1) is 12.4 Å². The molecule has 0 amide bonds. The van der Waals surface area contributed by atoms with Gasteiger partial charge in [0.05, 0.1) is 0 Å². The van der Waals surface area contributed by atoms with E-state index in [0.717, 1.165) is 44.8 Å². The fourth-order valence-electron chi connectivity index (χ4n) is 2.56. The summed E-state index contributed by atoms with van der Waals surface area (Å²) in [6.45, 7) is 8.28.